The minimum atomic E-state index is 0. The number of rotatable bonds is 2. The molecule has 0 spiro atoms. The summed E-state index contributed by atoms with van der Waals surface area (Å²) in [5.41, 5.74) is 7.32. The van der Waals surface area contributed by atoms with Crippen molar-refractivity contribution in [3.8, 4) is 0 Å². The van der Waals surface area contributed by atoms with Crippen LogP contribution in [0.1, 0.15) is 28.8 Å². The van der Waals surface area contributed by atoms with Gasteiger partial charge in [0.05, 0.1) is 10.6 Å². The summed E-state index contributed by atoms with van der Waals surface area (Å²) in [6, 6.07) is 5.70. The number of halogens is 2. The maximum Gasteiger partial charge on any atom is 0.255 e. The van der Waals surface area contributed by atoms with Crippen LogP contribution >= 0.6 is 24.0 Å². The van der Waals surface area contributed by atoms with Gasteiger partial charge in [-0.1, -0.05) is 17.7 Å². The molecule has 0 bridgehead atoms. The first-order chi connectivity index (χ1) is 8.13. The van der Waals surface area contributed by atoms with Gasteiger partial charge < -0.3 is 10.6 Å². The van der Waals surface area contributed by atoms with E-state index in [0.717, 1.165) is 24.9 Å². The van der Waals surface area contributed by atoms with Gasteiger partial charge in [0.25, 0.3) is 5.91 Å². The summed E-state index contributed by atoms with van der Waals surface area (Å²) in [6.45, 7) is 3.26. The second kappa shape index (κ2) is 6.41. The van der Waals surface area contributed by atoms with Crippen molar-refractivity contribution < 1.29 is 4.79 Å². The molecule has 0 saturated carbocycles. The number of hydrogen-bond donors (Lipinski definition) is 1. The molecule has 1 aromatic rings. The first-order valence-corrected chi connectivity index (χ1v) is 6.28. The molecule has 2 rings (SSSR count). The maximum atomic E-state index is 12.3. The van der Waals surface area contributed by atoms with Crippen LogP contribution in [0.3, 0.4) is 0 Å². The summed E-state index contributed by atoms with van der Waals surface area (Å²) in [5, 5.41) is 0.526. The number of carbonyl (C=O) groups is 1. The van der Waals surface area contributed by atoms with Crippen LogP contribution in [0.15, 0.2) is 18.2 Å². The van der Waals surface area contributed by atoms with E-state index in [1.165, 1.54) is 0 Å². The van der Waals surface area contributed by atoms with Crippen molar-refractivity contribution in [3.05, 3.63) is 34.3 Å². The fraction of sp³-hybridized carbons (Fsp3) is 0.462. The van der Waals surface area contributed by atoms with Gasteiger partial charge in [0.1, 0.15) is 0 Å². The largest absolute Gasteiger partial charge is 0.334 e. The van der Waals surface area contributed by atoms with E-state index >= 15 is 0 Å². The standard InChI is InChI=1S/C13H17ClN2O.ClH/c1-9-4-5-11(12(14)7-9)13(17)16-6-2-3-10(16)8-15;/h4-5,7,10H,2-3,6,8,15H2,1H3;1H. The summed E-state index contributed by atoms with van der Waals surface area (Å²) in [7, 11) is 0. The number of nitrogens with two attached hydrogens (primary N) is 1. The monoisotopic (exact) mass is 288 g/mol. The highest BCUT2D eigenvalue weighted by Gasteiger charge is 2.29. The Morgan fingerprint density at radius 3 is 2.89 bits per heavy atom. The molecule has 2 N–H and O–H groups in total. The van der Waals surface area contributed by atoms with Crippen molar-refractivity contribution >= 4 is 29.9 Å². The third-order valence-electron chi connectivity index (χ3n) is 3.27. The second-order valence-electron chi connectivity index (χ2n) is 4.51. The highest BCUT2D eigenvalue weighted by atomic mass is 35.5. The lowest BCUT2D eigenvalue weighted by atomic mass is 10.1. The minimum absolute atomic E-state index is 0. The molecule has 3 nitrogen and oxygen atoms in total. The zero-order valence-corrected chi connectivity index (χ0v) is 11.9. The van der Waals surface area contributed by atoms with Crippen LogP contribution in [0.4, 0.5) is 0 Å². The summed E-state index contributed by atoms with van der Waals surface area (Å²) < 4.78 is 0. The first kappa shape index (κ1) is 15.3. The average Bonchev–Trinajstić information content (AvgIpc) is 2.76. The molecule has 1 heterocycles. The molecule has 1 aromatic carbocycles. The predicted octanol–water partition coefficient (Wildman–Crippen LogP) is 2.63. The molecular formula is C13H18Cl2N2O. The van der Waals surface area contributed by atoms with E-state index in [4.69, 9.17) is 17.3 Å². The van der Waals surface area contributed by atoms with Crippen LogP contribution in [0.5, 0.6) is 0 Å². The van der Waals surface area contributed by atoms with Crippen molar-refractivity contribution in [1.29, 1.82) is 0 Å². The lowest BCUT2D eigenvalue weighted by Crippen LogP contribution is -2.40. The number of nitrogens with zero attached hydrogens (tertiary/aromatic N) is 1. The molecule has 1 fully saturated rings. The Hall–Kier alpha value is -0.770. The average molecular weight is 289 g/mol. The Morgan fingerprint density at radius 2 is 2.28 bits per heavy atom. The number of likely N-dealkylation sites (tertiary alicyclic amines) is 1. The fourth-order valence-corrected chi connectivity index (χ4v) is 2.61. The van der Waals surface area contributed by atoms with Crippen molar-refractivity contribution in [2.45, 2.75) is 25.8 Å². The van der Waals surface area contributed by atoms with E-state index in [1.54, 1.807) is 6.07 Å². The van der Waals surface area contributed by atoms with Crippen molar-refractivity contribution in [2.75, 3.05) is 13.1 Å². The molecule has 100 valence electrons. The van der Waals surface area contributed by atoms with Crippen LogP contribution in [-0.4, -0.2) is 29.9 Å². The summed E-state index contributed by atoms with van der Waals surface area (Å²) in [5.74, 6) is 0.00273. The maximum absolute atomic E-state index is 12.3. The van der Waals surface area contributed by atoms with Gasteiger partial charge in [-0.05, 0) is 37.5 Å². The van der Waals surface area contributed by atoms with Crippen LogP contribution < -0.4 is 5.73 Å². The van der Waals surface area contributed by atoms with Gasteiger partial charge in [-0.3, -0.25) is 4.79 Å². The topological polar surface area (TPSA) is 46.3 Å². The van der Waals surface area contributed by atoms with Crippen LogP contribution in [0.2, 0.25) is 5.02 Å². The quantitative estimate of drug-likeness (QED) is 0.909. The van der Waals surface area contributed by atoms with Gasteiger partial charge in [0.15, 0.2) is 0 Å². The Balaban J connectivity index is 0.00000162. The minimum Gasteiger partial charge on any atom is -0.334 e. The van der Waals surface area contributed by atoms with Crippen LogP contribution in [0, 0.1) is 6.92 Å². The molecule has 1 aliphatic heterocycles. The lowest BCUT2D eigenvalue weighted by molar-refractivity contribution is 0.0741. The number of benzene rings is 1. The van der Waals surface area contributed by atoms with Gasteiger partial charge in [-0.25, -0.2) is 0 Å². The van der Waals surface area contributed by atoms with Gasteiger partial charge in [0, 0.05) is 19.1 Å². The molecule has 1 atom stereocenters. The third kappa shape index (κ3) is 2.97. The molecule has 5 heteroatoms. The zero-order valence-electron chi connectivity index (χ0n) is 10.4. The predicted molar refractivity (Wildman–Crippen MR) is 76.5 cm³/mol. The van der Waals surface area contributed by atoms with Crippen LogP contribution in [-0.2, 0) is 0 Å². The number of carbonyl (C=O) groups excluding carboxylic acids is 1. The van der Waals surface area contributed by atoms with E-state index in [9.17, 15) is 4.79 Å². The summed E-state index contributed by atoms with van der Waals surface area (Å²) >= 11 is 6.11. The van der Waals surface area contributed by atoms with E-state index < -0.39 is 0 Å². The number of amides is 1. The molecule has 0 radical (unpaired) electrons. The number of hydrogen-bond acceptors (Lipinski definition) is 2. The van der Waals surface area contributed by atoms with E-state index in [-0.39, 0.29) is 24.4 Å². The molecule has 1 aliphatic rings. The molecule has 0 aromatic heterocycles. The molecule has 1 amide bonds. The van der Waals surface area contributed by atoms with Gasteiger partial charge in [-0.2, -0.15) is 0 Å². The van der Waals surface area contributed by atoms with E-state index in [2.05, 4.69) is 0 Å². The summed E-state index contributed by atoms with van der Waals surface area (Å²) in [6.07, 6.45) is 2.02. The van der Waals surface area contributed by atoms with E-state index in [0.29, 0.717) is 17.1 Å². The van der Waals surface area contributed by atoms with Crippen molar-refractivity contribution in [1.82, 2.24) is 4.90 Å². The number of aryl methyl sites for hydroxylation is 1. The van der Waals surface area contributed by atoms with Crippen LogP contribution in [0.25, 0.3) is 0 Å². The Labute approximate surface area is 119 Å². The molecular weight excluding hydrogens is 271 g/mol. The molecule has 1 unspecified atom stereocenters. The molecule has 1 saturated heterocycles. The highest BCUT2D eigenvalue weighted by Crippen LogP contribution is 2.24. The lowest BCUT2D eigenvalue weighted by Gasteiger charge is -2.24. The Kier molecular flexibility index (Phi) is 5.45. The van der Waals surface area contributed by atoms with E-state index in [1.807, 2.05) is 24.0 Å². The van der Waals surface area contributed by atoms with Gasteiger partial charge in [0.2, 0.25) is 0 Å². The second-order valence-corrected chi connectivity index (χ2v) is 4.92. The molecule has 18 heavy (non-hydrogen) atoms. The Bertz CT molecular complexity index is 437. The van der Waals surface area contributed by atoms with Crippen molar-refractivity contribution in [3.63, 3.8) is 0 Å². The SMILES string of the molecule is Cc1ccc(C(=O)N2CCCC2CN)c(Cl)c1.Cl. The fourth-order valence-electron chi connectivity index (χ4n) is 2.30. The van der Waals surface area contributed by atoms with Gasteiger partial charge >= 0.3 is 0 Å². The normalized spacial score (nSPS) is 18.6. The highest BCUT2D eigenvalue weighted by molar-refractivity contribution is 6.33. The summed E-state index contributed by atoms with van der Waals surface area (Å²) in [4.78, 5) is 14.2. The van der Waals surface area contributed by atoms with Crippen molar-refractivity contribution in [2.24, 2.45) is 5.73 Å². The smallest absolute Gasteiger partial charge is 0.255 e. The Morgan fingerprint density at radius 1 is 1.56 bits per heavy atom. The molecule has 0 aliphatic carbocycles. The zero-order chi connectivity index (χ0) is 12.4. The van der Waals surface area contributed by atoms with Gasteiger partial charge in [-0.15, -0.1) is 12.4 Å². The first-order valence-electron chi connectivity index (χ1n) is 5.90. The third-order valence-corrected chi connectivity index (χ3v) is 3.58.